The second-order valence-electron chi connectivity index (χ2n) is 4.49. The minimum atomic E-state index is -4.02. The van der Waals surface area contributed by atoms with Crippen molar-refractivity contribution in [1.82, 2.24) is 4.31 Å². The predicted molar refractivity (Wildman–Crippen MR) is 79.2 cm³/mol. The summed E-state index contributed by atoms with van der Waals surface area (Å²) < 4.78 is 22.8. The maximum absolute atomic E-state index is 12.0. The van der Waals surface area contributed by atoms with Gasteiger partial charge in [-0.05, 0) is 6.07 Å². The average Bonchev–Trinajstić information content (AvgIpc) is 2.48. The van der Waals surface area contributed by atoms with Crippen LogP contribution >= 0.6 is 0 Å². The van der Waals surface area contributed by atoms with E-state index in [9.17, 15) is 38.6 Å². The molecule has 0 aliphatic heterocycles. The third-order valence-corrected chi connectivity index (χ3v) is 4.05. The second kappa shape index (κ2) is 6.42. The van der Waals surface area contributed by atoms with Crippen LogP contribution in [0.3, 0.4) is 0 Å². The topological polar surface area (TPSA) is 182 Å². The number of carbonyl (C=O) groups is 1. The predicted octanol–water partition coefficient (Wildman–Crippen LogP) is 0.217. The Morgan fingerprint density at radius 3 is 2.33 bits per heavy atom. The number of phenols is 2. The summed E-state index contributed by atoms with van der Waals surface area (Å²) in [6.07, 6.45) is 0.689. The molecule has 24 heavy (non-hydrogen) atoms. The fraction of sp³-hybridized carbons (Fsp3) is 0.167. The highest BCUT2D eigenvalue weighted by atomic mass is 32.2. The number of nitrogens with zero attached hydrogens (tertiary/aromatic N) is 3. The molecule has 3 N–H and O–H groups in total. The van der Waals surface area contributed by atoms with Gasteiger partial charge in [0.25, 0.3) is 5.91 Å². The van der Waals surface area contributed by atoms with E-state index in [4.69, 9.17) is 5.26 Å². The number of nitro benzene ring substituents is 1. The van der Waals surface area contributed by atoms with E-state index in [0.29, 0.717) is 18.4 Å². The summed E-state index contributed by atoms with van der Waals surface area (Å²) in [6, 6.07) is 2.57. The summed E-state index contributed by atoms with van der Waals surface area (Å²) in [7, 11) is -3.17. The minimum Gasteiger partial charge on any atom is -0.506 e. The van der Waals surface area contributed by atoms with Crippen molar-refractivity contribution in [2.45, 2.75) is 0 Å². The Hall–Kier alpha value is -3.33. The lowest BCUT2D eigenvalue weighted by atomic mass is 10.1. The monoisotopic (exact) mass is 357 g/mol. The van der Waals surface area contributed by atoms with Gasteiger partial charge in [-0.2, -0.15) is 5.26 Å². The summed E-state index contributed by atoms with van der Waals surface area (Å²) in [6.45, 7) is 0. The molecule has 1 rings (SSSR count). The van der Waals surface area contributed by atoms with Crippen LogP contribution in [0, 0.1) is 21.4 Å². The molecule has 0 spiro atoms. The Morgan fingerprint density at radius 2 is 1.92 bits per heavy atom. The molecule has 11 nitrogen and oxygen atoms in total. The molecule has 0 aliphatic rings. The number of hydrogen-bond donors (Lipinski definition) is 3. The van der Waals surface area contributed by atoms with Gasteiger partial charge < -0.3 is 15.3 Å². The third-order valence-electron chi connectivity index (χ3n) is 2.89. The summed E-state index contributed by atoms with van der Waals surface area (Å²) in [4.78, 5) is 21.7. The maximum atomic E-state index is 12.0. The lowest BCUT2D eigenvalue weighted by molar-refractivity contribution is -0.386. The highest BCUT2D eigenvalue weighted by Gasteiger charge is 2.28. The normalized spacial score (nSPS) is 12.0. The summed E-state index contributed by atoms with van der Waals surface area (Å²) >= 11 is 0. The fourth-order valence-corrected chi connectivity index (χ4v) is 1.93. The molecule has 0 heterocycles. The van der Waals surface area contributed by atoms with Crippen LogP contribution in [0.25, 0.3) is 5.76 Å². The van der Waals surface area contributed by atoms with Crippen LogP contribution in [-0.4, -0.2) is 52.2 Å². The standard InChI is InChI=1S/C12H11N3O8S/c1-14(24(2,22)23)12(19)7(5-13)10(17)6-3-8(15(20)21)11(18)9(16)4-6/h3-4,16-18H,1-2H3/b10-7-. The number of nitriles is 1. The molecule has 0 bridgehead atoms. The molecule has 1 aromatic rings. The first-order valence-corrected chi connectivity index (χ1v) is 7.79. The Balaban J connectivity index is 3.59. The van der Waals surface area contributed by atoms with E-state index in [1.54, 1.807) is 0 Å². The van der Waals surface area contributed by atoms with Gasteiger partial charge in [-0.25, -0.2) is 12.7 Å². The van der Waals surface area contributed by atoms with Gasteiger partial charge in [-0.3, -0.25) is 14.9 Å². The number of rotatable bonds is 4. The molecule has 0 aliphatic carbocycles. The van der Waals surface area contributed by atoms with E-state index in [2.05, 4.69) is 0 Å². The van der Waals surface area contributed by atoms with Gasteiger partial charge in [0.1, 0.15) is 11.8 Å². The molecule has 12 heteroatoms. The number of aliphatic hydroxyl groups excluding tert-OH is 1. The van der Waals surface area contributed by atoms with Crippen molar-refractivity contribution in [3.8, 4) is 17.6 Å². The zero-order chi connectivity index (χ0) is 18.8. The van der Waals surface area contributed by atoms with Gasteiger partial charge in [-0.1, -0.05) is 0 Å². The lowest BCUT2D eigenvalue weighted by Crippen LogP contribution is -2.33. The van der Waals surface area contributed by atoms with Crippen molar-refractivity contribution in [1.29, 1.82) is 5.26 Å². The van der Waals surface area contributed by atoms with E-state index < -0.39 is 54.9 Å². The number of carbonyl (C=O) groups excluding carboxylic acids is 1. The number of aromatic hydroxyl groups is 2. The number of amides is 1. The van der Waals surface area contributed by atoms with Gasteiger partial charge in [-0.15, -0.1) is 0 Å². The molecule has 0 saturated heterocycles. The average molecular weight is 357 g/mol. The Labute approximate surface area is 135 Å². The van der Waals surface area contributed by atoms with Crippen LogP contribution in [0.2, 0.25) is 0 Å². The van der Waals surface area contributed by atoms with Gasteiger partial charge in [0.05, 0.1) is 11.2 Å². The first-order valence-electron chi connectivity index (χ1n) is 5.94. The Bertz CT molecular complexity index is 898. The molecule has 1 aromatic carbocycles. The quantitative estimate of drug-likeness (QED) is 0.169. The SMILES string of the molecule is CN(C(=O)/C(C#N)=C(\O)c1cc(O)c(O)c([N+](=O)[O-])c1)S(C)(=O)=O. The highest BCUT2D eigenvalue weighted by molar-refractivity contribution is 7.88. The van der Waals surface area contributed by atoms with E-state index in [-0.39, 0.29) is 4.31 Å². The van der Waals surface area contributed by atoms with Crippen LogP contribution in [0.4, 0.5) is 5.69 Å². The van der Waals surface area contributed by atoms with Gasteiger partial charge in [0, 0.05) is 18.7 Å². The number of aliphatic hydroxyl groups is 1. The molecule has 0 atom stereocenters. The van der Waals surface area contributed by atoms with Crippen molar-refractivity contribution < 1.29 is 33.5 Å². The number of phenolic OH excluding ortho intramolecular Hbond substituents is 2. The van der Waals surface area contributed by atoms with Gasteiger partial charge in [0.15, 0.2) is 11.3 Å². The molecule has 0 unspecified atom stereocenters. The van der Waals surface area contributed by atoms with E-state index in [1.807, 2.05) is 0 Å². The molecule has 0 aromatic heterocycles. The maximum Gasteiger partial charge on any atom is 0.315 e. The molecule has 0 radical (unpaired) electrons. The van der Waals surface area contributed by atoms with Crippen molar-refractivity contribution in [2.24, 2.45) is 0 Å². The molecule has 0 saturated carbocycles. The van der Waals surface area contributed by atoms with Crippen LogP contribution in [0.15, 0.2) is 17.7 Å². The van der Waals surface area contributed by atoms with Crippen LogP contribution in [0.5, 0.6) is 11.5 Å². The van der Waals surface area contributed by atoms with E-state index >= 15 is 0 Å². The first kappa shape index (κ1) is 18.7. The highest BCUT2D eigenvalue weighted by Crippen LogP contribution is 2.38. The molecule has 0 fully saturated rings. The largest absolute Gasteiger partial charge is 0.506 e. The lowest BCUT2D eigenvalue weighted by Gasteiger charge is -2.14. The third kappa shape index (κ3) is 3.52. The number of hydrogen-bond acceptors (Lipinski definition) is 9. The van der Waals surface area contributed by atoms with Crippen LogP contribution in [0.1, 0.15) is 5.56 Å². The van der Waals surface area contributed by atoms with Crippen molar-refractivity contribution in [3.05, 3.63) is 33.4 Å². The van der Waals surface area contributed by atoms with Crippen molar-refractivity contribution in [3.63, 3.8) is 0 Å². The second-order valence-corrected chi connectivity index (χ2v) is 6.51. The van der Waals surface area contributed by atoms with Crippen molar-refractivity contribution in [2.75, 3.05) is 13.3 Å². The van der Waals surface area contributed by atoms with E-state index in [0.717, 1.165) is 7.05 Å². The summed E-state index contributed by atoms with van der Waals surface area (Å²) in [5.74, 6) is -4.54. The fourth-order valence-electron chi connectivity index (χ4n) is 1.53. The Kier molecular flexibility index (Phi) is 5.01. The Morgan fingerprint density at radius 1 is 1.38 bits per heavy atom. The number of nitro groups is 1. The van der Waals surface area contributed by atoms with Crippen LogP contribution in [-0.2, 0) is 14.8 Å². The van der Waals surface area contributed by atoms with Gasteiger partial charge >= 0.3 is 5.69 Å². The molecular weight excluding hydrogens is 346 g/mol. The number of sulfonamides is 1. The molecule has 1 amide bonds. The summed E-state index contributed by atoms with van der Waals surface area (Å²) in [5, 5.41) is 48.6. The number of benzene rings is 1. The van der Waals surface area contributed by atoms with Crippen LogP contribution < -0.4 is 0 Å². The zero-order valence-corrected chi connectivity index (χ0v) is 13.1. The molecular formula is C12H11N3O8S. The zero-order valence-electron chi connectivity index (χ0n) is 12.3. The minimum absolute atomic E-state index is 0.191. The summed E-state index contributed by atoms with van der Waals surface area (Å²) in [5.41, 5.74) is -2.55. The smallest absolute Gasteiger partial charge is 0.315 e. The van der Waals surface area contributed by atoms with Gasteiger partial charge in [0.2, 0.25) is 15.8 Å². The van der Waals surface area contributed by atoms with E-state index in [1.165, 1.54) is 6.07 Å². The molecule has 128 valence electrons. The number of likely N-dealkylation sites (N-methyl/N-ethyl adjacent to an activating group) is 1. The van der Waals surface area contributed by atoms with Crippen molar-refractivity contribution >= 4 is 27.4 Å². The first-order chi connectivity index (χ1) is 10.9.